The van der Waals surface area contributed by atoms with Gasteiger partial charge in [0.1, 0.15) is 10.2 Å². The molecule has 2 saturated carbocycles. The molecule has 0 aromatic heterocycles. The minimum atomic E-state index is -1.01. The molecule has 0 aliphatic heterocycles. The molecule has 2 amide bonds. The van der Waals surface area contributed by atoms with Crippen LogP contribution in [-0.4, -0.2) is 16.1 Å². The molecule has 24 heavy (non-hydrogen) atoms. The quantitative estimate of drug-likeness (QED) is 0.765. The van der Waals surface area contributed by atoms with Gasteiger partial charge in [-0.25, -0.2) is 4.39 Å². The van der Waals surface area contributed by atoms with E-state index in [0.717, 1.165) is 32.1 Å². The average Bonchev–Trinajstić information content (AvgIpc) is 3.20. The number of alkyl halides is 2. The van der Waals surface area contributed by atoms with Crippen molar-refractivity contribution in [1.29, 1.82) is 0 Å². The van der Waals surface area contributed by atoms with Gasteiger partial charge in [0.05, 0.1) is 11.6 Å². The number of benzene rings is 1. The standard InChI is InChI=1S/C17H19Cl2FN2O2/c18-17(19)9-12(17)16(24)21-11-6-7-13(20)14(8-11)22-15(23)10-4-2-1-3-5-10/h6-8,10,12H,1-5,9H2,(H,21,24)(H,22,23). The molecule has 130 valence electrons. The predicted octanol–water partition coefficient (Wildman–Crippen LogP) is 4.48. The number of amides is 2. The molecule has 1 atom stereocenters. The fourth-order valence-electron chi connectivity index (χ4n) is 3.03. The number of rotatable bonds is 4. The molecule has 1 unspecified atom stereocenters. The number of hydrogen-bond acceptors (Lipinski definition) is 2. The summed E-state index contributed by atoms with van der Waals surface area (Å²) in [5.74, 6) is -1.55. The monoisotopic (exact) mass is 372 g/mol. The Balaban J connectivity index is 1.65. The summed E-state index contributed by atoms with van der Waals surface area (Å²) in [5.41, 5.74) is 0.471. The van der Waals surface area contributed by atoms with Crippen molar-refractivity contribution in [2.75, 3.05) is 10.6 Å². The van der Waals surface area contributed by atoms with E-state index in [1.807, 2.05) is 0 Å². The topological polar surface area (TPSA) is 58.2 Å². The van der Waals surface area contributed by atoms with Crippen molar-refractivity contribution in [2.45, 2.75) is 42.9 Å². The highest BCUT2D eigenvalue weighted by Gasteiger charge is 2.56. The van der Waals surface area contributed by atoms with Crippen LogP contribution in [-0.2, 0) is 9.59 Å². The van der Waals surface area contributed by atoms with E-state index in [9.17, 15) is 14.0 Å². The lowest BCUT2D eigenvalue weighted by molar-refractivity contribution is -0.120. The van der Waals surface area contributed by atoms with E-state index in [1.54, 1.807) is 0 Å². The van der Waals surface area contributed by atoms with Crippen LogP contribution < -0.4 is 10.6 Å². The molecule has 0 heterocycles. The number of carbonyl (C=O) groups is 2. The average molecular weight is 373 g/mol. The molecule has 0 bridgehead atoms. The number of carbonyl (C=O) groups excluding carboxylic acids is 2. The van der Waals surface area contributed by atoms with Crippen LogP contribution in [0.2, 0.25) is 0 Å². The third-order valence-electron chi connectivity index (χ3n) is 4.61. The Labute approximate surface area is 150 Å². The molecule has 0 saturated heterocycles. The molecule has 2 fully saturated rings. The van der Waals surface area contributed by atoms with E-state index in [2.05, 4.69) is 10.6 Å². The van der Waals surface area contributed by atoms with Gasteiger partial charge in [0.15, 0.2) is 0 Å². The first-order chi connectivity index (χ1) is 11.4. The van der Waals surface area contributed by atoms with Crippen LogP contribution in [0.3, 0.4) is 0 Å². The smallest absolute Gasteiger partial charge is 0.230 e. The summed E-state index contributed by atoms with van der Waals surface area (Å²) in [6.45, 7) is 0. The maximum atomic E-state index is 14.0. The molecule has 0 spiro atoms. The zero-order valence-corrected chi connectivity index (χ0v) is 14.6. The van der Waals surface area contributed by atoms with Crippen molar-refractivity contribution < 1.29 is 14.0 Å². The van der Waals surface area contributed by atoms with Crippen LogP contribution in [0.15, 0.2) is 18.2 Å². The van der Waals surface area contributed by atoms with Gasteiger partial charge in [-0.3, -0.25) is 9.59 Å². The van der Waals surface area contributed by atoms with Gasteiger partial charge >= 0.3 is 0 Å². The van der Waals surface area contributed by atoms with Crippen molar-refractivity contribution in [2.24, 2.45) is 11.8 Å². The summed E-state index contributed by atoms with van der Waals surface area (Å²) in [6.07, 6.45) is 5.25. The fourth-order valence-corrected chi connectivity index (χ4v) is 3.53. The first-order valence-electron chi connectivity index (χ1n) is 8.16. The summed E-state index contributed by atoms with van der Waals surface area (Å²) < 4.78 is 12.9. The molecule has 7 heteroatoms. The normalized spacial score (nSPS) is 22.7. The van der Waals surface area contributed by atoms with Crippen molar-refractivity contribution in [3.05, 3.63) is 24.0 Å². The summed E-state index contributed by atoms with van der Waals surface area (Å²) in [4.78, 5) is 24.3. The Morgan fingerprint density at radius 3 is 2.38 bits per heavy atom. The minimum absolute atomic E-state index is 0.0715. The summed E-state index contributed by atoms with van der Waals surface area (Å²) in [5, 5.41) is 5.29. The van der Waals surface area contributed by atoms with Crippen molar-refractivity contribution in [3.63, 3.8) is 0 Å². The third kappa shape index (κ3) is 4.01. The van der Waals surface area contributed by atoms with Gasteiger partial charge in [-0.05, 0) is 37.5 Å². The molecule has 0 radical (unpaired) electrons. The van der Waals surface area contributed by atoms with Crippen molar-refractivity contribution in [3.8, 4) is 0 Å². The summed E-state index contributed by atoms with van der Waals surface area (Å²) in [6, 6.07) is 4.07. The van der Waals surface area contributed by atoms with Gasteiger partial charge < -0.3 is 10.6 Å². The predicted molar refractivity (Wildman–Crippen MR) is 92.8 cm³/mol. The zero-order valence-electron chi connectivity index (χ0n) is 13.1. The summed E-state index contributed by atoms with van der Waals surface area (Å²) in [7, 11) is 0. The van der Waals surface area contributed by atoms with E-state index in [1.165, 1.54) is 18.2 Å². The number of hydrogen-bond donors (Lipinski definition) is 2. The van der Waals surface area contributed by atoms with E-state index >= 15 is 0 Å². The fraction of sp³-hybridized carbons (Fsp3) is 0.529. The third-order valence-corrected chi connectivity index (χ3v) is 5.45. The first kappa shape index (κ1) is 17.5. The molecular weight excluding hydrogens is 354 g/mol. The highest BCUT2D eigenvalue weighted by atomic mass is 35.5. The Morgan fingerprint density at radius 1 is 1.08 bits per heavy atom. The maximum absolute atomic E-state index is 14.0. The van der Waals surface area contributed by atoms with E-state index < -0.39 is 16.1 Å². The second-order valence-electron chi connectivity index (χ2n) is 6.53. The lowest BCUT2D eigenvalue weighted by Gasteiger charge is -2.21. The van der Waals surface area contributed by atoms with E-state index in [4.69, 9.17) is 23.2 Å². The van der Waals surface area contributed by atoms with Gasteiger partial charge in [-0.2, -0.15) is 0 Å². The van der Waals surface area contributed by atoms with Crippen LogP contribution in [0.4, 0.5) is 15.8 Å². The molecule has 2 aliphatic rings. The number of halogens is 3. The zero-order chi connectivity index (χ0) is 17.3. The number of nitrogens with one attached hydrogen (secondary N) is 2. The Kier molecular flexibility index (Phi) is 5.02. The Hall–Kier alpha value is -1.33. The molecule has 1 aromatic carbocycles. The van der Waals surface area contributed by atoms with Crippen molar-refractivity contribution >= 4 is 46.4 Å². The van der Waals surface area contributed by atoms with E-state index in [0.29, 0.717) is 12.1 Å². The first-order valence-corrected chi connectivity index (χ1v) is 8.91. The largest absolute Gasteiger partial charge is 0.326 e. The minimum Gasteiger partial charge on any atom is -0.326 e. The molecular formula is C17H19Cl2FN2O2. The van der Waals surface area contributed by atoms with Gasteiger partial charge in [0, 0.05) is 11.6 Å². The van der Waals surface area contributed by atoms with Crippen LogP contribution >= 0.6 is 23.2 Å². The van der Waals surface area contributed by atoms with Gasteiger partial charge in [0.25, 0.3) is 0 Å². The second kappa shape index (κ2) is 6.89. The molecule has 4 nitrogen and oxygen atoms in total. The molecule has 3 rings (SSSR count). The lowest BCUT2D eigenvalue weighted by atomic mass is 9.88. The number of anilines is 2. The summed E-state index contributed by atoms with van der Waals surface area (Å²) >= 11 is 11.7. The van der Waals surface area contributed by atoms with Gasteiger partial charge in [-0.15, -0.1) is 23.2 Å². The highest BCUT2D eigenvalue weighted by Crippen LogP contribution is 2.53. The van der Waals surface area contributed by atoms with E-state index in [-0.39, 0.29) is 23.4 Å². The maximum Gasteiger partial charge on any atom is 0.230 e. The van der Waals surface area contributed by atoms with Crippen LogP contribution in [0, 0.1) is 17.7 Å². The SMILES string of the molecule is O=C(Nc1cc(NC(=O)C2CC2(Cl)Cl)ccc1F)C1CCCCC1. The molecule has 1 aromatic rings. The molecule has 2 aliphatic carbocycles. The Morgan fingerprint density at radius 2 is 1.75 bits per heavy atom. The second-order valence-corrected chi connectivity index (χ2v) is 8.07. The lowest BCUT2D eigenvalue weighted by Crippen LogP contribution is -2.25. The Bertz CT molecular complexity index is 660. The van der Waals surface area contributed by atoms with Gasteiger partial charge in [-0.1, -0.05) is 19.3 Å². The van der Waals surface area contributed by atoms with Crippen LogP contribution in [0.5, 0.6) is 0 Å². The van der Waals surface area contributed by atoms with Crippen LogP contribution in [0.25, 0.3) is 0 Å². The molecule has 2 N–H and O–H groups in total. The van der Waals surface area contributed by atoms with Gasteiger partial charge in [0.2, 0.25) is 11.8 Å². The highest BCUT2D eigenvalue weighted by molar-refractivity contribution is 6.52. The van der Waals surface area contributed by atoms with Crippen molar-refractivity contribution in [1.82, 2.24) is 0 Å². The van der Waals surface area contributed by atoms with Crippen LogP contribution in [0.1, 0.15) is 38.5 Å².